The van der Waals surface area contributed by atoms with Crippen LogP contribution in [0, 0.1) is 17.3 Å². The summed E-state index contributed by atoms with van der Waals surface area (Å²) in [6.07, 6.45) is 4.09. The van der Waals surface area contributed by atoms with E-state index in [1.807, 2.05) is 0 Å². The maximum absolute atomic E-state index is 5.59. The van der Waals surface area contributed by atoms with Crippen molar-refractivity contribution >= 4 is 0 Å². The van der Waals surface area contributed by atoms with E-state index in [1.54, 1.807) is 0 Å². The van der Waals surface area contributed by atoms with Crippen LogP contribution in [0.5, 0.6) is 0 Å². The first-order chi connectivity index (χ1) is 9.38. The molecule has 0 spiro atoms. The third-order valence-electron chi connectivity index (χ3n) is 5.67. The molecule has 20 heavy (non-hydrogen) atoms. The Labute approximate surface area is 124 Å². The van der Waals surface area contributed by atoms with Crippen molar-refractivity contribution in [2.45, 2.75) is 58.5 Å². The van der Waals surface area contributed by atoms with Gasteiger partial charge in [0.1, 0.15) is 0 Å². The molecule has 2 saturated heterocycles. The van der Waals surface area contributed by atoms with Gasteiger partial charge in [-0.3, -0.25) is 4.90 Å². The molecular weight excluding hydrogens is 248 g/mol. The van der Waals surface area contributed by atoms with Crippen LogP contribution in [0.1, 0.15) is 47.0 Å². The smallest absolute Gasteiger partial charge is 0.0507 e. The quantitative estimate of drug-likeness (QED) is 0.860. The Morgan fingerprint density at radius 2 is 2.00 bits per heavy atom. The van der Waals surface area contributed by atoms with Gasteiger partial charge in [0.15, 0.2) is 0 Å². The van der Waals surface area contributed by atoms with E-state index in [9.17, 15) is 0 Å². The molecule has 116 valence electrons. The van der Waals surface area contributed by atoms with Gasteiger partial charge in [0.25, 0.3) is 0 Å². The SMILES string of the molecule is CC(C)(C)C1CNC(C)(C2CC2)CN1CC1CCOC1. The summed E-state index contributed by atoms with van der Waals surface area (Å²) in [5.74, 6) is 1.66. The maximum atomic E-state index is 5.59. The van der Waals surface area contributed by atoms with E-state index in [0.717, 1.165) is 31.6 Å². The van der Waals surface area contributed by atoms with Crippen molar-refractivity contribution in [3.63, 3.8) is 0 Å². The van der Waals surface area contributed by atoms with Gasteiger partial charge >= 0.3 is 0 Å². The second-order valence-corrected chi connectivity index (χ2v) is 8.61. The van der Waals surface area contributed by atoms with Crippen LogP contribution < -0.4 is 5.32 Å². The van der Waals surface area contributed by atoms with Crippen LogP contribution in [0.2, 0.25) is 0 Å². The minimum Gasteiger partial charge on any atom is -0.381 e. The number of ether oxygens (including phenoxy) is 1. The molecule has 2 heterocycles. The monoisotopic (exact) mass is 280 g/mol. The van der Waals surface area contributed by atoms with Gasteiger partial charge in [-0.05, 0) is 43.4 Å². The third kappa shape index (κ3) is 3.05. The number of hydrogen-bond acceptors (Lipinski definition) is 3. The minimum absolute atomic E-state index is 0.345. The largest absolute Gasteiger partial charge is 0.381 e. The summed E-state index contributed by atoms with van der Waals surface area (Å²) in [5, 5.41) is 3.90. The Kier molecular flexibility index (Phi) is 3.89. The molecule has 1 saturated carbocycles. The van der Waals surface area contributed by atoms with E-state index in [1.165, 1.54) is 32.4 Å². The second-order valence-electron chi connectivity index (χ2n) is 8.61. The normalized spacial score (nSPS) is 40.2. The van der Waals surface area contributed by atoms with Gasteiger partial charge in [-0.1, -0.05) is 20.8 Å². The Balaban J connectivity index is 1.71. The van der Waals surface area contributed by atoms with Gasteiger partial charge in [0.2, 0.25) is 0 Å². The minimum atomic E-state index is 0.345. The molecule has 0 bridgehead atoms. The molecule has 0 radical (unpaired) electrons. The molecule has 3 heteroatoms. The lowest BCUT2D eigenvalue weighted by Gasteiger charge is -2.51. The molecule has 0 amide bonds. The lowest BCUT2D eigenvalue weighted by molar-refractivity contribution is 0.00887. The molecular formula is C17H32N2O. The highest BCUT2D eigenvalue weighted by molar-refractivity contribution is 5.06. The van der Waals surface area contributed by atoms with Crippen LogP contribution in [-0.2, 0) is 4.74 Å². The van der Waals surface area contributed by atoms with Crippen LogP contribution in [0.3, 0.4) is 0 Å². The number of piperazine rings is 1. The van der Waals surface area contributed by atoms with Crippen LogP contribution in [0.25, 0.3) is 0 Å². The maximum Gasteiger partial charge on any atom is 0.0507 e. The topological polar surface area (TPSA) is 24.5 Å². The van der Waals surface area contributed by atoms with Gasteiger partial charge in [-0.15, -0.1) is 0 Å². The summed E-state index contributed by atoms with van der Waals surface area (Å²) < 4.78 is 5.59. The van der Waals surface area contributed by atoms with Gasteiger partial charge in [0.05, 0.1) is 6.61 Å². The predicted molar refractivity (Wildman–Crippen MR) is 82.9 cm³/mol. The summed E-state index contributed by atoms with van der Waals surface area (Å²) in [6, 6.07) is 0.648. The van der Waals surface area contributed by atoms with Crippen LogP contribution in [0.15, 0.2) is 0 Å². The molecule has 3 unspecified atom stereocenters. The first-order valence-electron chi connectivity index (χ1n) is 8.45. The highest BCUT2D eigenvalue weighted by Crippen LogP contribution is 2.43. The van der Waals surface area contributed by atoms with Gasteiger partial charge in [-0.2, -0.15) is 0 Å². The van der Waals surface area contributed by atoms with Gasteiger partial charge < -0.3 is 10.1 Å². The fourth-order valence-corrected chi connectivity index (χ4v) is 4.15. The molecule has 1 N–H and O–H groups in total. The van der Waals surface area contributed by atoms with Crippen molar-refractivity contribution in [1.82, 2.24) is 10.2 Å². The van der Waals surface area contributed by atoms with Crippen molar-refractivity contribution in [2.75, 3.05) is 32.8 Å². The molecule has 3 rings (SSSR count). The lowest BCUT2D eigenvalue weighted by Crippen LogP contribution is -2.67. The summed E-state index contributed by atoms with van der Waals surface area (Å²) in [6.45, 7) is 15.1. The first-order valence-corrected chi connectivity index (χ1v) is 8.45. The molecule has 3 fully saturated rings. The average molecular weight is 280 g/mol. The standard InChI is InChI=1S/C17H32N2O/c1-16(2,3)15-9-18-17(4,14-5-6-14)12-19(15)10-13-7-8-20-11-13/h13-15,18H,5-12H2,1-4H3. The van der Waals surface area contributed by atoms with E-state index >= 15 is 0 Å². The first kappa shape index (κ1) is 14.8. The summed E-state index contributed by atoms with van der Waals surface area (Å²) in [7, 11) is 0. The van der Waals surface area contributed by atoms with E-state index in [2.05, 4.69) is 37.9 Å². The highest BCUT2D eigenvalue weighted by Gasteiger charge is 2.48. The molecule has 3 atom stereocenters. The molecule has 0 aromatic rings. The number of nitrogens with one attached hydrogen (secondary N) is 1. The Morgan fingerprint density at radius 3 is 2.55 bits per heavy atom. The predicted octanol–water partition coefficient (Wildman–Crippen LogP) is 2.51. The van der Waals surface area contributed by atoms with Crippen molar-refractivity contribution in [3.8, 4) is 0 Å². The zero-order valence-electron chi connectivity index (χ0n) is 13.7. The molecule has 1 aliphatic carbocycles. The van der Waals surface area contributed by atoms with Crippen LogP contribution in [-0.4, -0.2) is 49.3 Å². The molecule has 0 aromatic heterocycles. The summed E-state index contributed by atoms with van der Waals surface area (Å²) in [5.41, 5.74) is 0.693. The highest BCUT2D eigenvalue weighted by atomic mass is 16.5. The summed E-state index contributed by atoms with van der Waals surface area (Å²) >= 11 is 0. The molecule has 3 nitrogen and oxygen atoms in total. The van der Waals surface area contributed by atoms with Gasteiger partial charge in [0, 0.05) is 37.8 Å². The fourth-order valence-electron chi connectivity index (χ4n) is 4.15. The molecule has 3 aliphatic rings. The Hall–Kier alpha value is -0.120. The lowest BCUT2D eigenvalue weighted by atomic mass is 9.80. The molecule has 2 aliphatic heterocycles. The molecule has 0 aromatic carbocycles. The van der Waals surface area contributed by atoms with Gasteiger partial charge in [-0.25, -0.2) is 0 Å². The van der Waals surface area contributed by atoms with Crippen LogP contribution >= 0.6 is 0 Å². The number of rotatable bonds is 3. The van der Waals surface area contributed by atoms with Crippen LogP contribution in [0.4, 0.5) is 0 Å². The Morgan fingerprint density at radius 1 is 1.25 bits per heavy atom. The average Bonchev–Trinajstić information content (AvgIpc) is 3.09. The Bertz CT molecular complexity index is 341. The van der Waals surface area contributed by atoms with E-state index in [0.29, 0.717) is 17.0 Å². The van der Waals surface area contributed by atoms with Crippen molar-refractivity contribution < 1.29 is 4.74 Å². The third-order valence-corrected chi connectivity index (χ3v) is 5.67. The fraction of sp³-hybridized carbons (Fsp3) is 1.00. The zero-order chi connectivity index (χ0) is 14.4. The number of hydrogen-bond donors (Lipinski definition) is 1. The second kappa shape index (κ2) is 5.26. The van der Waals surface area contributed by atoms with Crippen molar-refractivity contribution in [3.05, 3.63) is 0 Å². The summed E-state index contributed by atoms with van der Waals surface area (Å²) in [4.78, 5) is 2.79. The van der Waals surface area contributed by atoms with E-state index in [-0.39, 0.29) is 0 Å². The zero-order valence-corrected chi connectivity index (χ0v) is 13.7. The number of nitrogens with zero attached hydrogens (tertiary/aromatic N) is 1. The van der Waals surface area contributed by atoms with Crippen molar-refractivity contribution in [1.29, 1.82) is 0 Å². The van der Waals surface area contributed by atoms with E-state index < -0.39 is 0 Å². The van der Waals surface area contributed by atoms with Crippen molar-refractivity contribution in [2.24, 2.45) is 17.3 Å². The van der Waals surface area contributed by atoms with E-state index in [4.69, 9.17) is 4.74 Å².